The summed E-state index contributed by atoms with van der Waals surface area (Å²) in [6.07, 6.45) is 0.873. The molecule has 3 heteroatoms. The summed E-state index contributed by atoms with van der Waals surface area (Å²) in [5.41, 5.74) is 0.728. The van der Waals surface area contributed by atoms with Crippen molar-refractivity contribution in [2.45, 2.75) is 0 Å². The first-order chi connectivity index (χ1) is 6.36. The molecule has 0 bridgehead atoms. The fourth-order valence-electron chi connectivity index (χ4n) is 1.31. The van der Waals surface area contributed by atoms with Crippen molar-refractivity contribution in [2.75, 3.05) is 7.11 Å². The van der Waals surface area contributed by atoms with Crippen molar-refractivity contribution in [3.05, 3.63) is 29.1 Å². The lowest BCUT2D eigenvalue weighted by atomic mass is 10.2. The number of hydrogen-bond acceptors (Lipinski definition) is 3. The maximum atomic E-state index is 10.7. The van der Waals surface area contributed by atoms with Gasteiger partial charge >= 0.3 is 0 Å². The van der Waals surface area contributed by atoms with Crippen LogP contribution in [0.25, 0.3) is 10.1 Å². The Hall–Kier alpha value is -1.35. The van der Waals surface area contributed by atoms with Crippen LogP contribution in [-0.2, 0) is 0 Å². The summed E-state index contributed by atoms with van der Waals surface area (Å²) in [5, 5.41) is 2.93. The molecule has 0 unspecified atom stereocenters. The van der Waals surface area contributed by atoms with Crippen molar-refractivity contribution in [2.24, 2.45) is 0 Å². The zero-order chi connectivity index (χ0) is 9.26. The first kappa shape index (κ1) is 8.26. The molecular weight excluding hydrogens is 184 g/mol. The lowest BCUT2D eigenvalue weighted by Gasteiger charge is -1.96. The van der Waals surface area contributed by atoms with Crippen molar-refractivity contribution in [1.29, 1.82) is 0 Å². The van der Waals surface area contributed by atoms with Gasteiger partial charge in [-0.1, -0.05) is 12.1 Å². The van der Waals surface area contributed by atoms with Gasteiger partial charge in [-0.05, 0) is 6.07 Å². The van der Waals surface area contributed by atoms with Gasteiger partial charge in [0, 0.05) is 21.0 Å². The van der Waals surface area contributed by atoms with Gasteiger partial charge in [0.25, 0.3) is 0 Å². The van der Waals surface area contributed by atoms with Gasteiger partial charge in [-0.2, -0.15) is 0 Å². The highest BCUT2D eigenvalue weighted by molar-refractivity contribution is 7.18. The van der Waals surface area contributed by atoms with E-state index in [9.17, 15) is 4.79 Å². The number of ether oxygens (including phenoxy) is 1. The normalized spacial score (nSPS) is 10.2. The van der Waals surface area contributed by atoms with E-state index >= 15 is 0 Å². The predicted molar refractivity (Wildman–Crippen MR) is 53.8 cm³/mol. The number of methoxy groups -OCH3 is 1. The third kappa shape index (κ3) is 1.21. The lowest BCUT2D eigenvalue weighted by molar-refractivity contribution is 0.112. The summed E-state index contributed by atoms with van der Waals surface area (Å²) >= 11 is 1.53. The van der Waals surface area contributed by atoms with Crippen molar-refractivity contribution < 1.29 is 9.53 Å². The van der Waals surface area contributed by atoms with Crippen molar-refractivity contribution in [3.8, 4) is 5.75 Å². The Kier molecular flexibility index (Phi) is 2.02. The summed E-state index contributed by atoms with van der Waals surface area (Å²) in [4.78, 5) is 10.7. The molecule has 1 heterocycles. The van der Waals surface area contributed by atoms with Gasteiger partial charge in [0.05, 0.1) is 7.11 Å². The topological polar surface area (TPSA) is 26.3 Å². The van der Waals surface area contributed by atoms with Crippen molar-refractivity contribution in [1.82, 2.24) is 0 Å². The number of rotatable bonds is 2. The second kappa shape index (κ2) is 3.18. The van der Waals surface area contributed by atoms with E-state index in [0.717, 1.165) is 27.7 Å². The average molecular weight is 192 g/mol. The van der Waals surface area contributed by atoms with Crippen LogP contribution < -0.4 is 4.74 Å². The number of benzene rings is 1. The molecule has 0 saturated heterocycles. The van der Waals surface area contributed by atoms with Crippen LogP contribution in [0.3, 0.4) is 0 Å². The lowest BCUT2D eigenvalue weighted by Crippen LogP contribution is -1.81. The van der Waals surface area contributed by atoms with E-state index in [-0.39, 0.29) is 0 Å². The molecule has 0 atom stereocenters. The van der Waals surface area contributed by atoms with Crippen LogP contribution in [0.5, 0.6) is 5.75 Å². The molecule has 2 nitrogen and oxygen atoms in total. The minimum atomic E-state index is 0.728. The summed E-state index contributed by atoms with van der Waals surface area (Å²) < 4.78 is 6.16. The molecule has 0 spiro atoms. The maximum absolute atomic E-state index is 10.7. The van der Waals surface area contributed by atoms with Gasteiger partial charge in [0.1, 0.15) is 5.75 Å². The standard InChI is InChI=1S/C10H8O2S/c1-12-9-6-13-10-7(5-11)3-2-4-8(9)10/h2-6H,1H3. The predicted octanol–water partition coefficient (Wildman–Crippen LogP) is 2.72. The average Bonchev–Trinajstić information content (AvgIpc) is 2.60. The highest BCUT2D eigenvalue weighted by Crippen LogP contribution is 2.33. The molecule has 66 valence electrons. The van der Waals surface area contributed by atoms with Crippen LogP contribution in [-0.4, -0.2) is 13.4 Å². The minimum absolute atomic E-state index is 0.728. The van der Waals surface area contributed by atoms with E-state index < -0.39 is 0 Å². The highest BCUT2D eigenvalue weighted by atomic mass is 32.1. The van der Waals surface area contributed by atoms with E-state index in [0.29, 0.717) is 0 Å². The van der Waals surface area contributed by atoms with Crippen LogP contribution in [0.15, 0.2) is 23.6 Å². The fourth-order valence-corrected chi connectivity index (χ4v) is 2.30. The first-order valence-corrected chi connectivity index (χ1v) is 4.74. The van der Waals surface area contributed by atoms with Crippen LogP contribution in [0.1, 0.15) is 10.4 Å². The van der Waals surface area contributed by atoms with E-state index in [1.807, 2.05) is 23.6 Å². The van der Waals surface area contributed by atoms with E-state index in [1.54, 1.807) is 7.11 Å². The van der Waals surface area contributed by atoms with Crippen LogP contribution in [0.4, 0.5) is 0 Å². The number of thiophene rings is 1. The van der Waals surface area contributed by atoms with E-state index in [2.05, 4.69) is 0 Å². The third-order valence-corrected chi connectivity index (χ3v) is 2.96. The molecule has 0 fully saturated rings. The number of carbonyl (C=O) groups excluding carboxylic acids is 1. The van der Waals surface area contributed by atoms with Crippen LogP contribution in [0, 0.1) is 0 Å². The summed E-state index contributed by atoms with van der Waals surface area (Å²) in [7, 11) is 1.63. The van der Waals surface area contributed by atoms with Gasteiger partial charge < -0.3 is 4.74 Å². The van der Waals surface area contributed by atoms with Gasteiger partial charge in [0.15, 0.2) is 6.29 Å². The Morgan fingerprint density at radius 2 is 2.31 bits per heavy atom. The van der Waals surface area contributed by atoms with Crippen molar-refractivity contribution >= 4 is 27.7 Å². The van der Waals surface area contributed by atoms with Crippen LogP contribution >= 0.6 is 11.3 Å². The summed E-state index contributed by atoms with van der Waals surface area (Å²) in [5.74, 6) is 0.837. The van der Waals surface area contributed by atoms with Gasteiger partial charge in [-0.25, -0.2) is 0 Å². The summed E-state index contributed by atoms with van der Waals surface area (Å²) in [6.45, 7) is 0. The molecule has 0 radical (unpaired) electrons. The zero-order valence-corrected chi connectivity index (χ0v) is 7.93. The number of fused-ring (bicyclic) bond motifs is 1. The fraction of sp³-hybridized carbons (Fsp3) is 0.100. The molecule has 0 N–H and O–H groups in total. The smallest absolute Gasteiger partial charge is 0.151 e. The van der Waals surface area contributed by atoms with E-state index in [1.165, 1.54) is 11.3 Å². The molecule has 1 aromatic carbocycles. The number of aldehydes is 1. The Balaban J connectivity index is 2.79. The largest absolute Gasteiger partial charge is 0.495 e. The Bertz CT molecular complexity index is 445. The zero-order valence-electron chi connectivity index (χ0n) is 7.11. The maximum Gasteiger partial charge on any atom is 0.151 e. The van der Waals surface area contributed by atoms with E-state index in [4.69, 9.17) is 4.74 Å². The Morgan fingerprint density at radius 3 is 3.00 bits per heavy atom. The number of hydrogen-bond donors (Lipinski definition) is 0. The SMILES string of the molecule is COc1csc2c(C=O)cccc12. The second-order valence-corrected chi connectivity index (χ2v) is 3.53. The molecule has 13 heavy (non-hydrogen) atoms. The third-order valence-electron chi connectivity index (χ3n) is 1.94. The van der Waals surface area contributed by atoms with Gasteiger partial charge in [-0.3, -0.25) is 4.79 Å². The molecule has 0 aliphatic heterocycles. The molecule has 2 aromatic rings. The minimum Gasteiger partial charge on any atom is -0.495 e. The van der Waals surface area contributed by atoms with Gasteiger partial charge in [-0.15, -0.1) is 11.3 Å². The van der Waals surface area contributed by atoms with Gasteiger partial charge in [0.2, 0.25) is 0 Å². The molecule has 0 aliphatic rings. The molecule has 1 aromatic heterocycles. The molecule has 0 aliphatic carbocycles. The Morgan fingerprint density at radius 1 is 1.46 bits per heavy atom. The summed E-state index contributed by atoms with van der Waals surface area (Å²) in [6, 6.07) is 5.63. The second-order valence-electron chi connectivity index (χ2n) is 2.65. The molecular formula is C10H8O2S. The molecule has 2 rings (SSSR count). The van der Waals surface area contributed by atoms with Crippen molar-refractivity contribution in [3.63, 3.8) is 0 Å². The number of carbonyl (C=O) groups is 1. The first-order valence-electron chi connectivity index (χ1n) is 3.86. The monoisotopic (exact) mass is 192 g/mol. The quantitative estimate of drug-likeness (QED) is 0.684. The highest BCUT2D eigenvalue weighted by Gasteiger charge is 2.06. The molecule has 0 saturated carbocycles. The molecule has 0 amide bonds. The van der Waals surface area contributed by atoms with Crippen LogP contribution in [0.2, 0.25) is 0 Å². The Labute approximate surface area is 79.8 Å².